The van der Waals surface area contributed by atoms with Crippen LogP contribution in [-0.2, 0) is 7.05 Å². The first-order valence-electron chi connectivity index (χ1n) is 5.40. The Morgan fingerprint density at radius 3 is 2.26 bits per heavy atom. The first-order valence-corrected chi connectivity index (χ1v) is 5.40. The lowest BCUT2D eigenvalue weighted by Crippen LogP contribution is -2.45. The molecule has 1 atom stereocenters. The molecule has 7 heteroatoms. The standard InChI is InChI=1S/C12H11F5N2/c1-19-6-8(7-4-2-3-5-9(7)19)10(18)11(13,14)12(15,16)17/h2-6,10H,18H2,1H3/t10-/m1/s1. The van der Waals surface area contributed by atoms with Gasteiger partial charge in [-0.15, -0.1) is 0 Å². The third-order valence-electron chi connectivity index (χ3n) is 3.03. The van der Waals surface area contributed by atoms with Crippen molar-refractivity contribution in [3.8, 4) is 0 Å². The van der Waals surface area contributed by atoms with Gasteiger partial charge < -0.3 is 10.3 Å². The van der Waals surface area contributed by atoms with Crippen molar-refractivity contribution in [3.63, 3.8) is 0 Å². The molecule has 0 amide bonds. The molecule has 1 heterocycles. The Morgan fingerprint density at radius 2 is 1.68 bits per heavy atom. The number of nitrogens with zero attached hydrogens (tertiary/aromatic N) is 1. The van der Waals surface area contributed by atoms with Gasteiger partial charge in [-0.1, -0.05) is 18.2 Å². The molecule has 0 spiro atoms. The number of aromatic nitrogens is 1. The summed E-state index contributed by atoms with van der Waals surface area (Å²) in [5, 5.41) is 0.293. The van der Waals surface area contributed by atoms with Gasteiger partial charge in [0, 0.05) is 29.7 Å². The highest BCUT2D eigenvalue weighted by atomic mass is 19.4. The normalized spacial score (nSPS) is 14.9. The van der Waals surface area contributed by atoms with Crippen molar-refractivity contribution in [3.05, 3.63) is 36.0 Å². The fourth-order valence-corrected chi connectivity index (χ4v) is 1.99. The number of benzene rings is 1. The highest BCUT2D eigenvalue weighted by Gasteiger charge is 2.62. The van der Waals surface area contributed by atoms with Gasteiger partial charge in [0.05, 0.1) is 0 Å². The predicted molar refractivity (Wildman–Crippen MR) is 60.8 cm³/mol. The third-order valence-corrected chi connectivity index (χ3v) is 3.03. The SMILES string of the molecule is Cn1cc([C@@H](N)C(F)(F)C(F)(F)F)c2ccccc21. The van der Waals surface area contributed by atoms with Crippen molar-refractivity contribution in [2.24, 2.45) is 12.8 Å². The van der Waals surface area contributed by atoms with Gasteiger partial charge in [-0.3, -0.25) is 0 Å². The number of hydrogen-bond acceptors (Lipinski definition) is 1. The summed E-state index contributed by atoms with van der Waals surface area (Å²) in [5.41, 5.74) is 5.48. The van der Waals surface area contributed by atoms with Crippen LogP contribution in [0.15, 0.2) is 30.5 Å². The molecular formula is C12H11F5N2. The molecule has 0 aliphatic heterocycles. The smallest absolute Gasteiger partial charge is 0.350 e. The van der Waals surface area contributed by atoms with Gasteiger partial charge in [-0.2, -0.15) is 22.0 Å². The van der Waals surface area contributed by atoms with Gasteiger partial charge >= 0.3 is 12.1 Å². The van der Waals surface area contributed by atoms with E-state index in [0.717, 1.165) is 0 Å². The van der Waals surface area contributed by atoms with Gasteiger partial charge in [-0.05, 0) is 6.07 Å². The van der Waals surface area contributed by atoms with Crippen LogP contribution in [0.1, 0.15) is 11.6 Å². The molecule has 0 saturated carbocycles. The van der Waals surface area contributed by atoms with E-state index < -0.39 is 18.1 Å². The van der Waals surface area contributed by atoms with Crippen molar-refractivity contribution in [2.75, 3.05) is 0 Å². The molecule has 0 radical (unpaired) electrons. The van der Waals surface area contributed by atoms with E-state index in [4.69, 9.17) is 5.73 Å². The van der Waals surface area contributed by atoms with Crippen LogP contribution in [-0.4, -0.2) is 16.7 Å². The fourth-order valence-electron chi connectivity index (χ4n) is 1.99. The third kappa shape index (κ3) is 2.07. The number of fused-ring (bicyclic) bond motifs is 1. The van der Waals surface area contributed by atoms with Crippen LogP contribution in [0, 0.1) is 0 Å². The molecule has 104 valence electrons. The minimum Gasteiger partial charge on any atom is -0.350 e. The second kappa shape index (κ2) is 4.19. The lowest BCUT2D eigenvalue weighted by molar-refractivity contribution is -0.290. The van der Waals surface area contributed by atoms with Crippen LogP contribution in [0.5, 0.6) is 0 Å². The van der Waals surface area contributed by atoms with Crippen molar-refractivity contribution < 1.29 is 22.0 Å². The van der Waals surface area contributed by atoms with E-state index in [0.29, 0.717) is 10.9 Å². The second-order valence-corrected chi connectivity index (χ2v) is 4.31. The Hall–Kier alpha value is -1.63. The molecule has 2 N–H and O–H groups in total. The average molecular weight is 278 g/mol. The summed E-state index contributed by atoms with van der Waals surface area (Å²) in [7, 11) is 1.56. The van der Waals surface area contributed by atoms with Crippen LogP contribution >= 0.6 is 0 Å². The maximum absolute atomic E-state index is 13.3. The Kier molecular flexibility index (Phi) is 3.04. The molecular weight excluding hydrogens is 267 g/mol. The first kappa shape index (κ1) is 13.8. The number of hydrogen-bond donors (Lipinski definition) is 1. The molecule has 2 aromatic rings. The molecule has 0 bridgehead atoms. The van der Waals surface area contributed by atoms with E-state index in [9.17, 15) is 22.0 Å². The molecule has 1 aromatic heterocycles. The zero-order chi connectivity index (χ0) is 14.4. The monoisotopic (exact) mass is 278 g/mol. The molecule has 0 unspecified atom stereocenters. The van der Waals surface area contributed by atoms with Crippen LogP contribution in [0.25, 0.3) is 10.9 Å². The van der Waals surface area contributed by atoms with E-state index in [1.807, 2.05) is 0 Å². The van der Waals surface area contributed by atoms with E-state index in [2.05, 4.69) is 0 Å². The van der Waals surface area contributed by atoms with Crippen molar-refractivity contribution in [2.45, 2.75) is 18.1 Å². The zero-order valence-electron chi connectivity index (χ0n) is 9.88. The van der Waals surface area contributed by atoms with E-state index in [-0.39, 0.29) is 5.56 Å². The maximum Gasteiger partial charge on any atom is 0.455 e. The number of halogens is 5. The first-order chi connectivity index (χ1) is 8.66. The Labute approximate surface area is 105 Å². The predicted octanol–water partition coefficient (Wildman–Crippen LogP) is 3.38. The number of alkyl halides is 5. The highest BCUT2D eigenvalue weighted by Crippen LogP contribution is 2.44. The van der Waals surface area contributed by atoms with Crippen molar-refractivity contribution in [1.29, 1.82) is 0 Å². The minimum atomic E-state index is -5.68. The molecule has 19 heavy (non-hydrogen) atoms. The van der Waals surface area contributed by atoms with Crippen molar-refractivity contribution >= 4 is 10.9 Å². The Balaban J connectivity index is 2.57. The van der Waals surface area contributed by atoms with Gasteiger partial charge in [0.2, 0.25) is 0 Å². The molecule has 2 nitrogen and oxygen atoms in total. The lowest BCUT2D eigenvalue weighted by atomic mass is 10.0. The topological polar surface area (TPSA) is 30.9 Å². The summed E-state index contributed by atoms with van der Waals surface area (Å²) in [5.74, 6) is -4.98. The van der Waals surface area contributed by atoms with Crippen LogP contribution < -0.4 is 5.73 Å². The molecule has 0 saturated heterocycles. The second-order valence-electron chi connectivity index (χ2n) is 4.31. The summed E-state index contributed by atoms with van der Waals surface area (Å²) >= 11 is 0. The van der Waals surface area contributed by atoms with Crippen LogP contribution in [0.3, 0.4) is 0 Å². The number of para-hydroxylation sites is 1. The minimum absolute atomic E-state index is 0.222. The lowest BCUT2D eigenvalue weighted by Gasteiger charge is -2.25. The van der Waals surface area contributed by atoms with Gasteiger partial charge in [-0.25, -0.2) is 0 Å². The van der Waals surface area contributed by atoms with Crippen molar-refractivity contribution in [1.82, 2.24) is 4.57 Å². The van der Waals surface area contributed by atoms with Gasteiger partial charge in [0.25, 0.3) is 0 Å². The Morgan fingerprint density at radius 1 is 1.11 bits per heavy atom. The quantitative estimate of drug-likeness (QED) is 0.839. The molecule has 1 aromatic carbocycles. The summed E-state index contributed by atoms with van der Waals surface area (Å²) in [6, 6.07) is 3.89. The summed E-state index contributed by atoms with van der Waals surface area (Å²) < 4.78 is 65.1. The average Bonchev–Trinajstić information content (AvgIpc) is 2.65. The highest BCUT2D eigenvalue weighted by molar-refractivity contribution is 5.84. The van der Waals surface area contributed by atoms with Gasteiger partial charge in [0.15, 0.2) is 0 Å². The summed E-state index contributed by atoms with van der Waals surface area (Å²) in [4.78, 5) is 0. The van der Waals surface area contributed by atoms with Gasteiger partial charge in [0.1, 0.15) is 6.04 Å². The van der Waals surface area contributed by atoms with E-state index >= 15 is 0 Å². The summed E-state index contributed by atoms with van der Waals surface area (Å²) in [6.45, 7) is 0. The number of aryl methyl sites for hydroxylation is 1. The van der Waals surface area contributed by atoms with Crippen LogP contribution in [0.2, 0.25) is 0 Å². The van der Waals surface area contributed by atoms with E-state index in [1.165, 1.54) is 16.8 Å². The Bertz CT molecular complexity index is 600. The fraction of sp³-hybridized carbons (Fsp3) is 0.333. The largest absolute Gasteiger partial charge is 0.455 e. The van der Waals surface area contributed by atoms with E-state index in [1.54, 1.807) is 25.2 Å². The molecule has 0 fully saturated rings. The molecule has 0 aliphatic carbocycles. The van der Waals surface area contributed by atoms with Crippen LogP contribution in [0.4, 0.5) is 22.0 Å². The molecule has 0 aliphatic rings. The zero-order valence-corrected chi connectivity index (χ0v) is 9.88. The number of nitrogens with two attached hydrogens (primary N) is 1. The number of rotatable bonds is 2. The maximum atomic E-state index is 13.3. The summed E-state index contributed by atoms with van der Waals surface area (Å²) in [6.07, 6.45) is -4.47. The molecule has 2 rings (SSSR count).